The molecule has 3 saturated heterocycles. The van der Waals surface area contributed by atoms with E-state index in [0.717, 1.165) is 70.6 Å². The third-order valence-corrected chi connectivity index (χ3v) is 6.69. The largest absolute Gasteiger partial charge is 0.381 e. The number of carbonyl (C=O) groups excluding carboxylic acids is 2. The van der Waals surface area contributed by atoms with Crippen molar-refractivity contribution in [2.24, 2.45) is 17.8 Å². The van der Waals surface area contributed by atoms with Gasteiger partial charge in [0.2, 0.25) is 11.8 Å². The Labute approximate surface area is 172 Å². The van der Waals surface area contributed by atoms with Gasteiger partial charge in [-0.05, 0) is 61.1 Å². The summed E-state index contributed by atoms with van der Waals surface area (Å²) in [7, 11) is 0. The molecule has 0 unspecified atom stereocenters. The summed E-state index contributed by atoms with van der Waals surface area (Å²) in [6.07, 6.45) is 11.6. The molecule has 4 heterocycles. The Kier molecular flexibility index (Phi) is 6.60. The maximum atomic E-state index is 12.7. The molecule has 0 radical (unpaired) electrons. The molecule has 6 nitrogen and oxygen atoms in total. The number of hydrogen-bond acceptors (Lipinski definition) is 4. The first-order chi connectivity index (χ1) is 14.2. The molecule has 0 bridgehead atoms. The minimum absolute atomic E-state index is 0.0706. The van der Waals surface area contributed by atoms with Crippen molar-refractivity contribution >= 4 is 17.9 Å². The Hall–Kier alpha value is -2.21. The number of nitrogens with zero attached hydrogens (tertiary/aromatic N) is 3. The highest BCUT2D eigenvalue weighted by atomic mass is 16.5. The van der Waals surface area contributed by atoms with Crippen LogP contribution >= 0.6 is 0 Å². The van der Waals surface area contributed by atoms with Crippen LogP contribution in [0.5, 0.6) is 0 Å². The van der Waals surface area contributed by atoms with E-state index in [2.05, 4.69) is 9.88 Å². The van der Waals surface area contributed by atoms with E-state index in [1.165, 1.54) is 0 Å². The van der Waals surface area contributed by atoms with Gasteiger partial charge in [-0.3, -0.25) is 14.6 Å². The molecule has 6 heteroatoms. The second-order valence-corrected chi connectivity index (χ2v) is 8.60. The number of amides is 2. The van der Waals surface area contributed by atoms with E-state index in [4.69, 9.17) is 4.74 Å². The van der Waals surface area contributed by atoms with Gasteiger partial charge in [-0.25, -0.2) is 0 Å². The SMILES string of the molecule is O=C(/C=C/c1cccnc1)N1CC[C@H]2CN(C(=O)CC3CCOCC3)C[C@@H]2CC1. The van der Waals surface area contributed by atoms with E-state index in [9.17, 15) is 9.59 Å². The van der Waals surface area contributed by atoms with Crippen LogP contribution in [0.4, 0.5) is 0 Å². The topological polar surface area (TPSA) is 62.7 Å². The summed E-state index contributed by atoms with van der Waals surface area (Å²) in [6.45, 7) is 4.86. The van der Waals surface area contributed by atoms with E-state index in [1.807, 2.05) is 23.1 Å². The average Bonchev–Trinajstić information content (AvgIpc) is 3.07. The smallest absolute Gasteiger partial charge is 0.246 e. The molecule has 0 aliphatic carbocycles. The summed E-state index contributed by atoms with van der Waals surface area (Å²) in [6, 6.07) is 3.81. The van der Waals surface area contributed by atoms with Crippen molar-refractivity contribution in [1.82, 2.24) is 14.8 Å². The van der Waals surface area contributed by atoms with Crippen LogP contribution in [0.2, 0.25) is 0 Å². The van der Waals surface area contributed by atoms with Crippen molar-refractivity contribution in [3.05, 3.63) is 36.2 Å². The van der Waals surface area contributed by atoms with Crippen LogP contribution in [-0.2, 0) is 14.3 Å². The monoisotopic (exact) mass is 397 g/mol. The first kappa shape index (κ1) is 20.1. The van der Waals surface area contributed by atoms with Crippen LogP contribution in [0.3, 0.4) is 0 Å². The molecule has 0 aromatic carbocycles. The van der Waals surface area contributed by atoms with E-state index in [0.29, 0.717) is 30.1 Å². The molecule has 0 N–H and O–H groups in total. The van der Waals surface area contributed by atoms with Crippen LogP contribution in [0.15, 0.2) is 30.6 Å². The lowest BCUT2D eigenvalue weighted by Crippen LogP contribution is -2.34. The Bertz CT molecular complexity index is 714. The summed E-state index contributed by atoms with van der Waals surface area (Å²) < 4.78 is 5.40. The first-order valence-electron chi connectivity index (χ1n) is 10.9. The standard InChI is InChI=1S/C23H31N3O3/c27-22(4-3-19-2-1-9-24-15-19)25-10-5-20-16-26(17-21(20)6-11-25)23(28)14-18-7-12-29-13-8-18/h1-4,9,15,18,20-21H,5-8,10-14,16-17H2/b4-3+/t20-,21-/m0/s1. The Morgan fingerprint density at radius 1 is 1.07 bits per heavy atom. The first-order valence-corrected chi connectivity index (χ1v) is 10.9. The lowest BCUT2D eigenvalue weighted by molar-refractivity contribution is -0.132. The number of carbonyl (C=O) groups is 2. The average molecular weight is 398 g/mol. The van der Waals surface area contributed by atoms with Crippen LogP contribution in [0.25, 0.3) is 6.08 Å². The molecule has 4 rings (SSSR count). The zero-order valence-electron chi connectivity index (χ0n) is 17.0. The second-order valence-electron chi connectivity index (χ2n) is 8.60. The van der Waals surface area contributed by atoms with Gasteiger partial charge in [0.15, 0.2) is 0 Å². The fraction of sp³-hybridized carbons (Fsp3) is 0.609. The molecule has 3 fully saturated rings. The molecule has 0 saturated carbocycles. The summed E-state index contributed by atoms with van der Waals surface area (Å²) in [5.41, 5.74) is 0.936. The Morgan fingerprint density at radius 3 is 2.45 bits per heavy atom. The summed E-state index contributed by atoms with van der Waals surface area (Å²) in [4.78, 5) is 33.4. The summed E-state index contributed by atoms with van der Waals surface area (Å²) in [5, 5.41) is 0. The fourth-order valence-electron chi connectivity index (χ4n) is 4.85. The van der Waals surface area contributed by atoms with Gasteiger partial charge in [0.05, 0.1) is 0 Å². The predicted octanol–water partition coefficient (Wildman–Crippen LogP) is 2.61. The third-order valence-electron chi connectivity index (χ3n) is 6.69. The Balaban J connectivity index is 1.26. The zero-order chi connectivity index (χ0) is 20.1. The molecule has 3 aliphatic rings. The maximum Gasteiger partial charge on any atom is 0.246 e. The number of aromatic nitrogens is 1. The van der Waals surface area contributed by atoms with Crippen molar-refractivity contribution in [2.75, 3.05) is 39.4 Å². The molecule has 1 aromatic rings. The third kappa shape index (κ3) is 5.24. The quantitative estimate of drug-likeness (QED) is 0.733. The lowest BCUT2D eigenvalue weighted by atomic mass is 9.92. The number of rotatable bonds is 4. The number of fused-ring (bicyclic) bond motifs is 1. The highest BCUT2D eigenvalue weighted by Gasteiger charge is 2.37. The molecule has 0 spiro atoms. The van der Waals surface area contributed by atoms with Crippen molar-refractivity contribution in [2.45, 2.75) is 32.1 Å². The summed E-state index contributed by atoms with van der Waals surface area (Å²) >= 11 is 0. The normalized spacial score (nSPS) is 25.8. The highest BCUT2D eigenvalue weighted by molar-refractivity contribution is 5.91. The van der Waals surface area contributed by atoms with Crippen LogP contribution < -0.4 is 0 Å². The predicted molar refractivity (Wildman–Crippen MR) is 111 cm³/mol. The number of pyridine rings is 1. The van der Waals surface area contributed by atoms with E-state index >= 15 is 0 Å². The summed E-state index contributed by atoms with van der Waals surface area (Å²) in [5.74, 6) is 1.92. The molecule has 1 aromatic heterocycles. The van der Waals surface area contributed by atoms with Crippen molar-refractivity contribution in [3.63, 3.8) is 0 Å². The van der Waals surface area contributed by atoms with Gasteiger partial charge < -0.3 is 14.5 Å². The van der Waals surface area contributed by atoms with Crippen LogP contribution in [0, 0.1) is 17.8 Å². The van der Waals surface area contributed by atoms with Gasteiger partial charge in [0, 0.05) is 64.3 Å². The number of ether oxygens (including phenoxy) is 1. The lowest BCUT2D eigenvalue weighted by Gasteiger charge is -2.25. The van der Waals surface area contributed by atoms with E-state index < -0.39 is 0 Å². The van der Waals surface area contributed by atoms with E-state index in [1.54, 1.807) is 18.5 Å². The molecule has 156 valence electrons. The van der Waals surface area contributed by atoms with Crippen LogP contribution in [0.1, 0.15) is 37.7 Å². The Morgan fingerprint density at radius 2 is 1.79 bits per heavy atom. The second kappa shape index (κ2) is 9.53. The molecular formula is C23H31N3O3. The minimum atomic E-state index is 0.0706. The number of likely N-dealkylation sites (tertiary alicyclic amines) is 2. The zero-order valence-corrected chi connectivity index (χ0v) is 17.0. The van der Waals surface area contributed by atoms with Gasteiger partial charge in [-0.1, -0.05) is 6.07 Å². The van der Waals surface area contributed by atoms with E-state index in [-0.39, 0.29) is 5.91 Å². The molecule has 29 heavy (non-hydrogen) atoms. The highest BCUT2D eigenvalue weighted by Crippen LogP contribution is 2.33. The van der Waals surface area contributed by atoms with Crippen LogP contribution in [-0.4, -0.2) is 66.0 Å². The van der Waals surface area contributed by atoms with Crippen molar-refractivity contribution in [1.29, 1.82) is 0 Å². The molecule has 2 atom stereocenters. The van der Waals surface area contributed by atoms with Gasteiger partial charge in [0.1, 0.15) is 0 Å². The molecule has 3 aliphatic heterocycles. The van der Waals surface area contributed by atoms with Gasteiger partial charge in [0.25, 0.3) is 0 Å². The van der Waals surface area contributed by atoms with Gasteiger partial charge in [-0.15, -0.1) is 0 Å². The van der Waals surface area contributed by atoms with Crippen molar-refractivity contribution in [3.8, 4) is 0 Å². The minimum Gasteiger partial charge on any atom is -0.381 e. The number of hydrogen-bond donors (Lipinski definition) is 0. The fourth-order valence-corrected chi connectivity index (χ4v) is 4.85. The molecule has 2 amide bonds. The van der Waals surface area contributed by atoms with Gasteiger partial charge >= 0.3 is 0 Å². The van der Waals surface area contributed by atoms with Crippen molar-refractivity contribution < 1.29 is 14.3 Å². The maximum absolute atomic E-state index is 12.7. The van der Waals surface area contributed by atoms with Gasteiger partial charge in [-0.2, -0.15) is 0 Å². The molecular weight excluding hydrogens is 366 g/mol.